The van der Waals surface area contributed by atoms with Gasteiger partial charge in [0.1, 0.15) is 0 Å². The summed E-state index contributed by atoms with van der Waals surface area (Å²) in [5.74, 6) is 0.111. The van der Waals surface area contributed by atoms with Crippen molar-refractivity contribution in [3.63, 3.8) is 0 Å². The van der Waals surface area contributed by atoms with Gasteiger partial charge in [0.2, 0.25) is 5.95 Å². The van der Waals surface area contributed by atoms with Crippen LogP contribution in [0.2, 0.25) is 0 Å². The lowest BCUT2D eigenvalue weighted by atomic mass is 9.78. The Morgan fingerprint density at radius 3 is 2.73 bits per heavy atom. The zero-order chi connectivity index (χ0) is 21.3. The fraction of sp³-hybridized carbons (Fsp3) is 0.478. The van der Waals surface area contributed by atoms with Crippen molar-refractivity contribution < 1.29 is 14.7 Å². The Morgan fingerprint density at radius 2 is 2.00 bits per heavy atom. The predicted octanol–water partition coefficient (Wildman–Crippen LogP) is 3.61. The van der Waals surface area contributed by atoms with Crippen LogP contribution in [0.1, 0.15) is 61.9 Å². The summed E-state index contributed by atoms with van der Waals surface area (Å²) in [5, 5.41) is 15.3. The fourth-order valence-electron chi connectivity index (χ4n) is 4.48. The summed E-state index contributed by atoms with van der Waals surface area (Å²) < 4.78 is 0. The zero-order valence-electron chi connectivity index (χ0n) is 17.4. The number of carbonyl (C=O) groups is 2. The Morgan fingerprint density at radius 1 is 1.23 bits per heavy atom. The molecule has 0 spiro atoms. The minimum atomic E-state index is -0.715. The number of aromatic nitrogens is 2. The second-order valence-corrected chi connectivity index (χ2v) is 9.05. The van der Waals surface area contributed by atoms with Crippen LogP contribution in [-0.4, -0.2) is 39.5 Å². The first kappa shape index (κ1) is 20.3. The van der Waals surface area contributed by atoms with E-state index in [0.29, 0.717) is 12.5 Å². The minimum absolute atomic E-state index is 0.0283. The number of hydrogen-bond donors (Lipinski definition) is 3. The summed E-state index contributed by atoms with van der Waals surface area (Å²) in [6.45, 7) is 4.87. The van der Waals surface area contributed by atoms with Crippen LogP contribution in [0.25, 0.3) is 11.3 Å². The summed E-state index contributed by atoms with van der Waals surface area (Å²) >= 11 is 0. The highest BCUT2D eigenvalue weighted by molar-refractivity contribution is 5.98. The number of hydrogen-bond acceptors (Lipinski definition) is 5. The molecule has 0 atom stereocenters. The molecule has 4 rings (SSSR count). The van der Waals surface area contributed by atoms with Crippen LogP contribution in [0.3, 0.4) is 0 Å². The van der Waals surface area contributed by atoms with Crippen LogP contribution in [0.15, 0.2) is 30.5 Å². The van der Waals surface area contributed by atoms with Crippen LogP contribution in [0, 0.1) is 5.92 Å². The van der Waals surface area contributed by atoms with Gasteiger partial charge in [0.05, 0.1) is 5.69 Å². The second kappa shape index (κ2) is 8.05. The van der Waals surface area contributed by atoms with Crippen LogP contribution < -0.4 is 10.6 Å². The van der Waals surface area contributed by atoms with Gasteiger partial charge in [0, 0.05) is 41.7 Å². The summed E-state index contributed by atoms with van der Waals surface area (Å²) in [4.78, 5) is 32.2. The Kier molecular flexibility index (Phi) is 5.45. The van der Waals surface area contributed by atoms with Gasteiger partial charge < -0.3 is 15.7 Å². The van der Waals surface area contributed by atoms with Crippen molar-refractivity contribution in [1.82, 2.24) is 15.3 Å². The first-order valence-corrected chi connectivity index (χ1v) is 10.6. The Balaban J connectivity index is 1.49. The molecule has 0 bridgehead atoms. The van der Waals surface area contributed by atoms with Gasteiger partial charge in [-0.3, -0.25) is 9.59 Å². The van der Waals surface area contributed by atoms with Crippen molar-refractivity contribution in [3.8, 4) is 11.3 Å². The number of carboxylic acid groups (broad SMARTS) is 1. The van der Waals surface area contributed by atoms with Crippen molar-refractivity contribution in [1.29, 1.82) is 0 Å². The van der Waals surface area contributed by atoms with Crippen LogP contribution in [-0.2, 0) is 10.2 Å². The first-order valence-electron chi connectivity index (χ1n) is 10.6. The molecule has 2 aliphatic rings. The lowest BCUT2D eigenvalue weighted by Crippen LogP contribution is -2.43. The quantitative estimate of drug-likeness (QED) is 0.698. The molecule has 3 N–H and O–H groups in total. The van der Waals surface area contributed by atoms with Crippen LogP contribution in [0.4, 0.5) is 5.95 Å². The van der Waals surface area contributed by atoms with E-state index in [0.717, 1.165) is 48.1 Å². The maximum atomic E-state index is 12.2. The number of carboxylic acids is 1. The monoisotopic (exact) mass is 408 g/mol. The maximum absolute atomic E-state index is 12.2. The molecule has 0 radical (unpaired) electrons. The summed E-state index contributed by atoms with van der Waals surface area (Å²) in [6, 6.07) is 8.02. The van der Waals surface area contributed by atoms with Gasteiger partial charge in [-0.05, 0) is 55.4 Å². The molecular weight excluding hydrogens is 380 g/mol. The van der Waals surface area contributed by atoms with Gasteiger partial charge >= 0.3 is 5.97 Å². The lowest BCUT2D eigenvalue weighted by molar-refractivity contribution is -0.138. The van der Waals surface area contributed by atoms with Gasteiger partial charge in [-0.1, -0.05) is 19.9 Å². The molecule has 1 amide bonds. The van der Waals surface area contributed by atoms with Crippen molar-refractivity contribution >= 4 is 17.8 Å². The topological polar surface area (TPSA) is 104 Å². The highest BCUT2D eigenvalue weighted by Gasteiger charge is 2.31. The zero-order valence-corrected chi connectivity index (χ0v) is 17.4. The Labute approximate surface area is 176 Å². The van der Waals surface area contributed by atoms with E-state index in [1.165, 1.54) is 0 Å². The number of rotatable bonds is 5. The fourth-order valence-corrected chi connectivity index (χ4v) is 4.48. The Hall–Kier alpha value is -2.96. The number of anilines is 1. The van der Waals surface area contributed by atoms with Crippen LogP contribution in [0.5, 0.6) is 0 Å². The third-order valence-corrected chi connectivity index (χ3v) is 6.28. The molecule has 7 nitrogen and oxygen atoms in total. The van der Waals surface area contributed by atoms with E-state index in [1.807, 2.05) is 18.2 Å². The van der Waals surface area contributed by atoms with Gasteiger partial charge in [0.25, 0.3) is 5.91 Å². The van der Waals surface area contributed by atoms with E-state index in [9.17, 15) is 9.59 Å². The largest absolute Gasteiger partial charge is 0.481 e. The molecule has 1 aliphatic heterocycles. The summed E-state index contributed by atoms with van der Waals surface area (Å²) in [5.41, 5.74) is 3.40. The Bertz CT molecular complexity index is 965. The highest BCUT2D eigenvalue weighted by Crippen LogP contribution is 2.33. The normalized spacial score (nSPS) is 22.7. The molecular formula is C23H28N4O3. The molecule has 0 saturated heterocycles. The second-order valence-electron chi connectivity index (χ2n) is 9.05. The predicted molar refractivity (Wildman–Crippen MR) is 114 cm³/mol. The number of carbonyl (C=O) groups excluding carboxylic acids is 1. The minimum Gasteiger partial charge on any atom is -0.481 e. The molecule has 1 aromatic heterocycles. The standard InChI is InChI=1S/C23H28N4O3/c1-23(2)13-25-21(30)17-8-5-15(12-18(17)23)19-9-10-24-22(27-19)26-16-6-3-14(4-7-16)11-20(28)29/h5,8-10,12,14,16H,3-4,6-7,11,13H2,1-2H3,(H,25,30)(H,28,29)(H,24,26,27). The third-order valence-electron chi connectivity index (χ3n) is 6.28. The molecule has 1 fully saturated rings. The molecule has 0 unspecified atom stereocenters. The van der Waals surface area contributed by atoms with Crippen LogP contribution >= 0.6 is 0 Å². The van der Waals surface area contributed by atoms with Crippen molar-refractivity contribution in [2.45, 2.75) is 57.4 Å². The molecule has 30 heavy (non-hydrogen) atoms. The molecule has 2 heterocycles. The lowest BCUT2D eigenvalue weighted by Gasteiger charge is -2.32. The molecule has 2 aromatic rings. The van der Waals surface area contributed by atoms with E-state index in [2.05, 4.69) is 35.5 Å². The first-order chi connectivity index (χ1) is 14.3. The molecule has 158 valence electrons. The molecule has 7 heteroatoms. The van der Waals surface area contributed by atoms with E-state index in [1.54, 1.807) is 6.20 Å². The summed E-state index contributed by atoms with van der Waals surface area (Å²) in [6.07, 6.45) is 5.67. The van der Waals surface area contributed by atoms with E-state index in [-0.39, 0.29) is 29.7 Å². The molecule has 1 aliphatic carbocycles. The average Bonchev–Trinajstić information content (AvgIpc) is 2.72. The van der Waals surface area contributed by atoms with E-state index < -0.39 is 5.97 Å². The highest BCUT2D eigenvalue weighted by atomic mass is 16.4. The van der Waals surface area contributed by atoms with E-state index >= 15 is 0 Å². The number of nitrogens with zero attached hydrogens (tertiary/aromatic N) is 2. The van der Waals surface area contributed by atoms with Crippen molar-refractivity contribution in [2.24, 2.45) is 5.92 Å². The average molecular weight is 409 g/mol. The molecule has 1 aromatic carbocycles. The molecule has 1 saturated carbocycles. The van der Waals surface area contributed by atoms with Gasteiger partial charge in [-0.2, -0.15) is 0 Å². The number of fused-ring (bicyclic) bond motifs is 1. The van der Waals surface area contributed by atoms with E-state index in [4.69, 9.17) is 10.1 Å². The number of aliphatic carboxylic acids is 1. The van der Waals surface area contributed by atoms with Crippen molar-refractivity contribution in [3.05, 3.63) is 41.6 Å². The third kappa shape index (κ3) is 4.30. The van der Waals surface area contributed by atoms with Gasteiger partial charge in [-0.25, -0.2) is 9.97 Å². The SMILES string of the molecule is CC1(C)CNC(=O)c2ccc(-c3ccnc(NC4CCC(CC(=O)O)CC4)n3)cc21. The number of benzene rings is 1. The maximum Gasteiger partial charge on any atom is 0.303 e. The van der Waals surface area contributed by atoms with Gasteiger partial charge in [-0.15, -0.1) is 0 Å². The van der Waals surface area contributed by atoms with Gasteiger partial charge in [0.15, 0.2) is 0 Å². The van der Waals surface area contributed by atoms with Crippen molar-refractivity contribution in [2.75, 3.05) is 11.9 Å². The smallest absolute Gasteiger partial charge is 0.303 e. The summed E-state index contributed by atoms with van der Waals surface area (Å²) in [7, 11) is 0. The number of amides is 1. The number of nitrogens with one attached hydrogen (secondary N) is 2.